The molecule has 1 aliphatic rings. The van der Waals surface area contributed by atoms with Crippen LogP contribution in [0.4, 0.5) is 5.69 Å². The standard InChI is InChI=1S/C19H26N4O2/c1-12-10-15(22-23(12)13(2)14-6-7-14)18(24)21-16-11-20-9-8-17(16)25-19(3,4)5/h8-11,13-14H,6-7H2,1-5H3,(H,21,24)/t13-/m1/s1. The second-order valence-electron chi connectivity index (χ2n) is 7.73. The van der Waals surface area contributed by atoms with Crippen LogP contribution in [-0.2, 0) is 0 Å². The van der Waals surface area contributed by atoms with Crippen LogP contribution in [-0.4, -0.2) is 26.3 Å². The Balaban J connectivity index is 1.78. The predicted molar refractivity (Wildman–Crippen MR) is 97.0 cm³/mol. The summed E-state index contributed by atoms with van der Waals surface area (Å²) in [6.45, 7) is 10.0. The average molecular weight is 342 g/mol. The van der Waals surface area contributed by atoms with E-state index >= 15 is 0 Å². The van der Waals surface area contributed by atoms with Gasteiger partial charge in [0.1, 0.15) is 17.0 Å². The molecule has 2 aromatic heterocycles. The zero-order valence-electron chi connectivity index (χ0n) is 15.5. The lowest BCUT2D eigenvalue weighted by Crippen LogP contribution is -2.24. The first-order chi connectivity index (χ1) is 11.7. The fourth-order valence-electron chi connectivity index (χ4n) is 2.87. The van der Waals surface area contributed by atoms with Gasteiger partial charge in [0.2, 0.25) is 0 Å². The van der Waals surface area contributed by atoms with E-state index in [0.717, 1.165) is 5.69 Å². The zero-order chi connectivity index (χ0) is 18.2. The highest BCUT2D eigenvalue weighted by Crippen LogP contribution is 2.39. The maximum Gasteiger partial charge on any atom is 0.276 e. The van der Waals surface area contributed by atoms with Crippen LogP contribution >= 0.6 is 0 Å². The third-order valence-corrected chi connectivity index (χ3v) is 4.29. The van der Waals surface area contributed by atoms with Gasteiger partial charge in [0.15, 0.2) is 5.69 Å². The molecule has 1 aliphatic carbocycles. The summed E-state index contributed by atoms with van der Waals surface area (Å²) in [5.74, 6) is 1.02. The lowest BCUT2D eigenvalue weighted by atomic mass is 10.2. The molecule has 0 unspecified atom stereocenters. The second-order valence-corrected chi connectivity index (χ2v) is 7.73. The number of aryl methyl sites for hydroxylation is 1. The van der Waals surface area contributed by atoms with Gasteiger partial charge in [0.05, 0.1) is 12.2 Å². The summed E-state index contributed by atoms with van der Waals surface area (Å²) in [6, 6.07) is 3.91. The molecule has 0 saturated heterocycles. The Kier molecular flexibility index (Phi) is 4.54. The Morgan fingerprint density at radius 3 is 2.76 bits per heavy atom. The van der Waals surface area contributed by atoms with E-state index in [1.165, 1.54) is 12.8 Å². The molecule has 1 fully saturated rings. The molecule has 6 nitrogen and oxygen atoms in total. The van der Waals surface area contributed by atoms with Crippen LogP contribution in [0, 0.1) is 12.8 Å². The van der Waals surface area contributed by atoms with Crippen molar-refractivity contribution < 1.29 is 9.53 Å². The van der Waals surface area contributed by atoms with Gasteiger partial charge < -0.3 is 10.1 Å². The van der Waals surface area contributed by atoms with Gasteiger partial charge in [-0.15, -0.1) is 0 Å². The third kappa shape index (κ3) is 4.18. The highest BCUT2D eigenvalue weighted by Gasteiger charge is 2.31. The number of amides is 1. The van der Waals surface area contributed by atoms with Gasteiger partial charge in [0.25, 0.3) is 5.91 Å². The van der Waals surface area contributed by atoms with Gasteiger partial charge in [-0.2, -0.15) is 5.10 Å². The van der Waals surface area contributed by atoms with E-state index in [2.05, 4.69) is 22.3 Å². The fourth-order valence-corrected chi connectivity index (χ4v) is 2.87. The van der Waals surface area contributed by atoms with Gasteiger partial charge in [-0.3, -0.25) is 14.5 Å². The van der Waals surface area contributed by atoms with Gasteiger partial charge in [-0.05, 0) is 59.4 Å². The maximum atomic E-state index is 12.6. The molecule has 2 aromatic rings. The molecule has 25 heavy (non-hydrogen) atoms. The Labute approximate surface area is 148 Å². The lowest BCUT2D eigenvalue weighted by Gasteiger charge is -2.22. The topological polar surface area (TPSA) is 69.0 Å². The normalized spacial score (nSPS) is 15.7. The van der Waals surface area contributed by atoms with Crippen molar-refractivity contribution in [3.63, 3.8) is 0 Å². The van der Waals surface area contributed by atoms with Crippen LogP contribution in [0.2, 0.25) is 0 Å². The lowest BCUT2D eigenvalue weighted by molar-refractivity contribution is 0.101. The summed E-state index contributed by atoms with van der Waals surface area (Å²) in [6.07, 6.45) is 5.72. The number of nitrogens with zero attached hydrogens (tertiary/aromatic N) is 3. The Hall–Kier alpha value is -2.37. The molecule has 2 heterocycles. The predicted octanol–water partition coefficient (Wildman–Crippen LogP) is 3.99. The highest BCUT2D eigenvalue weighted by molar-refractivity contribution is 6.03. The summed E-state index contributed by atoms with van der Waals surface area (Å²) in [5.41, 5.74) is 1.60. The molecule has 1 saturated carbocycles. The van der Waals surface area contributed by atoms with Crippen LogP contribution in [0.25, 0.3) is 0 Å². The van der Waals surface area contributed by atoms with Crippen molar-refractivity contribution in [1.29, 1.82) is 0 Å². The SMILES string of the molecule is Cc1cc(C(=O)Nc2cnccc2OC(C)(C)C)nn1[C@H](C)C1CC1. The summed E-state index contributed by atoms with van der Waals surface area (Å²) in [7, 11) is 0. The summed E-state index contributed by atoms with van der Waals surface area (Å²) >= 11 is 0. The zero-order valence-corrected chi connectivity index (χ0v) is 15.5. The van der Waals surface area contributed by atoms with Crippen molar-refractivity contribution in [1.82, 2.24) is 14.8 Å². The average Bonchev–Trinajstić information content (AvgIpc) is 3.29. The molecule has 0 radical (unpaired) electrons. The largest absolute Gasteiger partial charge is 0.486 e. The van der Waals surface area contributed by atoms with E-state index in [1.807, 2.05) is 38.4 Å². The van der Waals surface area contributed by atoms with E-state index in [4.69, 9.17) is 4.74 Å². The minimum absolute atomic E-state index is 0.253. The van der Waals surface area contributed by atoms with Crippen LogP contribution in [0.15, 0.2) is 24.5 Å². The molecule has 0 aliphatic heterocycles. The molecule has 134 valence electrons. The number of ether oxygens (including phenoxy) is 1. The Morgan fingerprint density at radius 1 is 1.40 bits per heavy atom. The fraction of sp³-hybridized carbons (Fsp3) is 0.526. The van der Waals surface area contributed by atoms with Crippen molar-refractivity contribution in [2.45, 2.75) is 59.1 Å². The van der Waals surface area contributed by atoms with Gasteiger partial charge >= 0.3 is 0 Å². The van der Waals surface area contributed by atoms with Crippen molar-refractivity contribution >= 4 is 11.6 Å². The van der Waals surface area contributed by atoms with Crippen LogP contribution in [0.1, 0.15) is 62.8 Å². The first-order valence-electron chi connectivity index (χ1n) is 8.75. The molecule has 1 amide bonds. The molecule has 0 spiro atoms. The Morgan fingerprint density at radius 2 is 2.12 bits per heavy atom. The minimum atomic E-state index is -0.362. The maximum absolute atomic E-state index is 12.6. The van der Waals surface area contributed by atoms with E-state index in [1.54, 1.807) is 18.5 Å². The third-order valence-electron chi connectivity index (χ3n) is 4.29. The molecular formula is C19H26N4O2. The number of hydrogen-bond acceptors (Lipinski definition) is 4. The molecular weight excluding hydrogens is 316 g/mol. The number of rotatable bonds is 5. The number of pyridine rings is 1. The molecule has 1 N–H and O–H groups in total. The van der Waals surface area contributed by atoms with Crippen molar-refractivity contribution in [2.75, 3.05) is 5.32 Å². The number of hydrogen-bond donors (Lipinski definition) is 1. The first kappa shape index (κ1) is 17.5. The molecule has 0 aromatic carbocycles. The number of aromatic nitrogens is 3. The molecule has 0 bridgehead atoms. The summed E-state index contributed by atoms with van der Waals surface area (Å²) in [4.78, 5) is 16.7. The first-order valence-corrected chi connectivity index (χ1v) is 8.75. The summed E-state index contributed by atoms with van der Waals surface area (Å²) < 4.78 is 7.86. The van der Waals surface area contributed by atoms with Crippen LogP contribution in [0.3, 0.4) is 0 Å². The van der Waals surface area contributed by atoms with Crippen molar-refractivity contribution in [2.24, 2.45) is 5.92 Å². The number of carbonyl (C=O) groups is 1. The van der Waals surface area contributed by atoms with Gasteiger partial charge in [-0.1, -0.05) is 0 Å². The highest BCUT2D eigenvalue weighted by atomic mass is 16.5. The quantitative estimate of drug-likeness (QED) is 0.892. The van der Waals surface area contributed by atoms with E-state index in [0.29, 0.717) is 29.1 Å². The second kappa shape index (κ2) is 6.50. The summed E-state index contributed by atoms with van der Waals surface area (Å²) in [5, 5.41) is 7.39. The van der Waals surface area contributed by atoms with Gasteiger partial charge in [0, 0.05) is 18.0 Å². The monoisotopic (exact) mass is 342 g/mol. The number of anilines is 1. The van der Waals surface area contributed by atoms with Crippen molar-refractivity contribution in [3.8, 4) is 5.75 Å². The smallest absolute Gasteiger partial charge is 0.276 e. The van der Waals surface area contributed by atoms with Crippen LogP contribution < -0.4 is 10.1 Å². The van der Waals surface area contributed by atoms with E-state index < -0.39 is 0 Å². The van der Waals surface area contributed by atoms with Crippen molar-refractivity contribution in [3.05, 3.63) is 35.9 Å². The number of nitrogens with one attached hydrogen (secondary N) is 1. The minimum Gasteiger partial charge on any atom is -0.486 e. The molecule has 6 heteroatoms. The van der Waals surface area contributed by atoms with Crippen LogP contribution in [0.5, 0.6) is 5.75 Å². The Bertz CT molecular complexity index is 772. The molecule has 1 atom stereocenters. The van der Waals surface area contributed by atoms with E-state index in [9.17, 15) is 4.79 Å². The van der Waals surface area contributed by atoms with Gasteiger partial charge in [-0.25, -0.2) is 0 Å². The number of carbonyl (C=O) groups excluding carboxylic acids is 1. The molecule has 3 rings (SSSR count). The van der Waals surface area contributed by atoms with E-state index in [-0.39, 0.29) is 11.5 Å².